The lowest BCUT2D eigenvalue weighted by Crippen LogP contribution is -2.49. The summed E-state index contributed by atoms with van der Waals surface area (Å²) >= 11 is 0. The fraction of sp³-hybridized carbons (Fsp3) is 0.409. The summed E-state index contributed by atoms with van der Waals surface area (Å²) in [5.41, 5.74) is 18.9. The molecule has 32 heavy (non-hydrogen) atoms. The summed E-state index contributed by atoms with van der Waals surface area (Å²) in [7, 11) is 0. The SMILES string of the molecule is C=C1NNC(C2=C[C@@H](N3CCC4=C(C3)NCCN4)N=CN2)/C1=C/C(C1=CNNC1)=C(\C)F. The third kappa shape index (κ3) is 4.04. The van der Waals surface area contributed by atoms with E-state index >= 15 is 0 Å². The van der Waals surface area contributed by atoms with Gasteiger partial charge in [-0.2, -0.15) is 0 Å². The summed E-state index contributed by atoms with van der Waals surface area (Å²) in [5.74, 6) is -0.233. The molecular formula is C22H30FN9. The topological polar surface area (TPSA) is 99.8 Å². The van der Waals surface area contributed by atoms with Crippen LogP contribution in [0, 0.1) is 0 Å². The average Bonchev–Trinajstić information content (AvgIpc) is 3.47. The van der Waals surface area contributed by atoms with Crippen LogP contribution in [0.2, 0.25) is 0 Å². The fourth-order valence-corrected chi connectivity index (χ4v) is 4.59. The second-order valence-electron chi connectivity index (χ2n) is 8.38. The molecule has 0 amide bonds. The van der Waals surface area contributed by atoms with Gasteiger partial charge < -0.3 is 26.8 Å². The van der Waals surface area contributed by atoms with Crippen LogP contribution in [0.25, 0.3) is 0 Å². The number of halogens is 1. The first-order valence-electron chi connectivity index (χ1n) is 11.0. The highest BCUT2D eigenvalue weighted by Gasteiger charge is 2.32. The highest BCUT2D eigenvalue weighted by atomic mass is 19.1. The number of hydrogen-bond donors (Lipinski definition) is 7. The van der Waals surface area contributed by atoms with Crippen molar-refractivity contribution in [2.75, 3.05) is 32.7 Å². The molecule has 5 aliphatic rings. The number of allylic oxidation sites excluding steroid dienone is 2. The van der Waals surface area contributed by atoms with E-state index in [1.807, 2.05) is 6.08 Å². The van der Waals surface area contributed by atoms with E-state index < -0.39 is 0 Å². The second kappa shape index (κ2) is 8.81. The second-order valence-corrected chi connectivity index (χ2v) is 8.38. The Balaban J connectivity index is 1.38. The Morgan fingerprint density at radius 2 is 2.12 bits per heavy atom. The molecule has 0 saturated carbocycles. The normalized spacial score (nSPS) is 29.8. The van der Waals surface area contributed by atoms with Crippen LogP contribution in [-0.4, -0.2) is 56.2 Å². The van der Waals surface area contributed by atoms with Gasteiger partial charge >= 0.3 is 0 Å². The molecule has 0 radical (unpaired) electrons. The average molecular weight is 440 g/mol. The largest absolute Gasteiger partial charge is 0.385 e. The van der Waals surface area contributed by atoms with Gasteiger partial charge in [0.05, 0.1) is 12.4 Å². The van der Waals surface area contributed by atoms with Crippen LogP contribution in [0.15, 0.2) is 75.3 Å². The quantitative estimate of drug-likeness (QED) is 0.331. The molecule has 9 nitrogen and oxygen atoms in total. The van der Waals surface area contributed by atoms with Crippen molar-refractivity contribution in [3.05, 3.63) is 70.3 Å². The summed E-state index contributed by atoms with van der Waals surface area (Å²) in [6.45, 7) is 9.85. The third-order valence-corrected chi connectivity index (χ3v) is 6.32. The van der Waals surface area contributed by atoms with E-state index in [2.05, 4.69) is 60.2 Å². The molecule has 0 spiro atoms. The molecular weight excluding hydrogens is 409 g/mol. The van der Waals surface area contributed by atoms with Crippen molar-refractivity contribution in [3.63, 3.8) is 0 Å². The number of aliphatic imine (C=N–C) groups is 1. The number of nitrogens with zero attached hydrogens (tertiary/aromatic N) is 2. The predicted octanol–water partition coefficient (Wildman–Crippen LogP) is 0.0897. The van der Waals surface area contributed by atoms with Crippen molar-refractivity contribution in [2.24, 2.45) is 4.99 Å². The lowest BCUT2D eigenvalue weighted by Gasteiger charge is -2.37. The molecule has 10 heteroatoms. The Kier molecular flexibility index (Phi) is 5.73. The van der Waals surface area contributed by atoms with Crippen molar-refractivity contribution in [3.8, 4) is 0 Å². The van der Waals surface area contributed by atoms with Gasteiger partial charge in [0.2, 0.25) is 0 Å². The third-order valence-electron chi connectivity index (χ3n) is 6.32. The molecule has 0 aromatic carbocycles. The van der Waals surface area contributed by atoms with Crippen LogP contribution < -0.4 is 37.7 Å². The van der Waals surface area contributed by atoms with E-state index in [4.69, 9.17) is 0 Å². The molecule has 170 valence electrons. The molecule has 5 heterocycles. The van der Waals surface area contributed by atoms with Crippen molar-refractivity contribution in [2.45, 2.75) is 25.6 Å². The minimum absolute atomic E-state index is 0.0650. The van der Waals surface area contributed by atoms with Crippen molar-refractivity contribution in [1.29, 1.82) is 0 Å². The first-order valence-corrected chi connectivity index (χ1v) is 11.0. The number of hydrazine groups is 2. The molecule has 0 aromatic heterocycles. The minimum Gasteiger partial charge on any atom is -0.385 e. The molecule has 5 aliphatic heterocycles. The molecule has 0 aromatic rings. The maximum absolute atomic E-state index is 14.4. The lowest BCUT2D eigenvalue weighted by atomic mass is 9.96. The van der Waals surface area contributed by atoms with Crippen LogP contribution in [0.3, 0.4) is 0 Å². The van der Waals surface area contributed by atoms with Gasteiger partial charge in [-0.05, 0) is 24.6 Å². The highest BCUT2D eigenvalue weighted by molar-refractivity contribution is 5.63. The summed E-state index contributed by atoms with van der Waals surface area (Å²) in [6, 6.07) is -0.192. The van der Waals surface area contributed by atoms with Gasteiger partial charge in [-0.25, -0.2) is 15.2 Å². The minimum atomic E-state index is -0.233. The van der Waals surface area contributed by atoms with E-state index in [0.29, 0.717) is 12.1 Å². The van der Waals surface area contributed by atoms with Crippen LogP contribution >= 0.6 is 0 Å². The van der Waals surface area contributed by atoms with Gasteiger partial charge in [0.15, 0.2) is 0 Å². The molecule has 2 atom stereocenters. The zero-order valence-electron chi connectivity index (χ0n) is 18.2. The van der Waals surface area contributed by atoms with Gasteiger partial charge in [0.25, 0.3) is 0 Å². The molecule has 0 bridgehead atoms. The van der Waals surface area contributed by atoms with Crippen LogP contribution in [0.1, 0.15) is 13.3 Å². The highest BCUT2D eigenvalue weighted by Crippen LogP contribution is 2.28. The van der Waals surface area contributed by atoms with Crippen molar-refractivity contribution >= 4 is 6.34 Å². The number of rotatable bonds is 4. The van der Waals surface area contributed by atoms with E-state index in [1.165, 1.54) is 18.3 Å². The summed E-state index contributed by atoms with van der Waals surface area (Å²) in [5, 5.41) is 10.3. The van der Waals surface area contributed by atoms with Crippen LogP contribution in [0.4, 0.5) is 4.39 Å². The predicted molar refractivity (Wildman–Crippen MR) is 123 cm³/mol. The molecule has 1 fully saturated rings. The first-order chi connectivity index (χ1) is 15.6. The first kappa shape index (κ1) is 20.8. The van der Waals surface area contributed by atoms with E-state index in [0.717, 1.165) is 55.1 Å². The molecule has 0 aliphatic carbocycles. The van der Waals surface area contributed by atoms with Gasteiger partial charge in [0.1, 0.15) is 12.0 Å². The number of hydrogen-bond acceptors (Lipinski definition) is 9. The van der Waals surface area contributed by atoms with E-state index in [9.17, 15) is 4.39 Å². The Labute approximate surface area is 187 Å². The lowest BCUT2D eigenvalue weighted by molar-refractivity contribution is 0.229. The standard InChI is InChI=1S/C22H30FN9/c1-13(23)16(15-9-28-29-10-15)7-17-14(2)30-31-22(17)19-8-21(27-12-26-19)32-6-3-18-20(11-32)25-5-4-24-18/h7-9,12,21-22,24-25,28-31H,2-6,10-11H2,1H3,(H,26,27)/b16-13-,17-7+/t21-,22?/m1/s1. The van der Waals surface area contributed by atoms with Gasteiger partial charge in [-0.1, -0.05) is 6.58 Å². The summed E-state index contributed by atoms with van der Waals surface area (Å²) in [4.78, 5) is 7.02. The maximum atomic E-state index is 14.4. The zero-order valence-corrected chi connectivity index (χ0v) is 18.2. The monoisotopic (exact) mass is 439 g/mol. The molecule has 5 rings (SSSR count). The Bertz CT molecular complexity index is 983. The summed E-state index contributed by atoms with van der Waals surface area (Å²) in [6.07, 6.45) is 8.46. The molecule has 1 unspecified atom stereocenters. The van der Waals surface area contributed by atoms with Crippen LogP contribution in [-0.2, 0) is 0 Å². The van der Waals surface area contributed by atoms with E-state index in [-0.39, 0.29) is 18.0 Å². The molecule has 7 N–H and O–H groups in total. The Hall–Kier alpha value is -3.08. The Morgan fingerprint density at radius 3 is 2.91 bits per heavy atom. The van der Waals surface area contributed by atoms with Gasteiger partial charge in [-0.3, -0.25) is 9.89 Å². The molecule has 1 saturated heterocycles. The smallest absolute Gasteiger partial charge is 0.125 e. The fourth-order valence-electron chi connectivity index (χ4n) is 4.59. The van der Waals surface area contributed by atoms with Crippen molar-refractivity contribution < 1.29 is 4.39 Å². The zero-order chi connectivity index (χ0) is 22.1. The summed E-state index contributed by atoms with van der Waals surface area (Å²) < 4.78 is 14.4. The van der Waals surface area contributed by atoms with Gasteiger partial charge in [0, 0.05) is 79.3 Å². The van der Waals surface area contributed by atoms with Crippen LogP contribution in [0.5, 0.6) is 0 Å². The van der Waals surface area contributed by atoms with E-state index in [1.54, 1.807) is 12.5 Å². The Morgan fingerprint density at radius 1 is 1.28 bits per heavy atom. The number of nitrogens with one attached hydrogen (secondary N) is 7. The van der Waals surface area contributed by atoms with Crippen molar-refractivity contribution in [1.82, 2.24) is 42.6 Å². The van der Waals surface area contributed by atoms with Gasteiger partial charge in [-0.15, -0.1) is 0 Å². The maximum Gasteiger partial charge on any atom is 0.125 e.